The van der Waals surface area contributed by atoms with E-state index in [1.165, 1.54) is 32.3 Å². The molecule has 12 nitrogen and oxygen atoms in total. The number of aromatic nitrogens is 1. The third kappa shape index (κ3) is 6.29. The Morgan fingerprint density at radius 1 is 1.12 bits per heavy atom. The van der Waals surface area contributed by atoms with Crippen LogP contribution in [-0.2, 0) is 14.8 Å². The smallest absolute Gasteiger partial charge is 0.410 e. The van der Waals surface area contributed by atoms with Gasteiger partial charge in [0.15, 0.2) is 0 Å². The molecule has 6 rings (SSSR count). The topological polar surface area (TPSA) is 157 Å². The third-order valence-corrected chi connectivity index (χ3v) is 9.58. The standard InChI is InChI=1S/C35H34FN5O7S/c1-6-41(49(5,45)46)28-17-29-26(30-31(47-29)24-11-10-22(36)15-27(24)38-32(30)42)16-25(28)20-8-7-9-21(14-20)33(43)40-13-12-39(19-23(40)18-37)34(44)48-35(2,3)4/h7-11,14-17,23H,6,12-13,19H2,1-5H3,(H,38,42)/t23-/m0/s1. The Balaban J connectivity index is 1.45. The normalized spacial score (nSPS) is 15.5. The molecule has 0 spiro atoms. The summed E-state index contributed by atoms with van der Waals surface area (Å²) in [5.74, 6) is -0.977. The molecule has 1 aliphatic rings. The van der Waals surface area contributed by atoms with Crippen LogP contribution in [0.25, 0.3) is 44.0 Å². The number of sulfonamides is 1. The molecular formula is C35H34FN5O7S. The number of rotatable bonds is 5. The van der Waals surface area contributed by atoms with Crippen LogP contribution < -0.4 is 9.86 Å². The average molecular weight is 688 g/mol. The number of H-pyrrole nitrogens is 1. The molecule has 0 unspecified atom stereocenters. The summed E-state index contributed by atoms with van der Waals surface area (Å²) in [6.45, 7) is 7.23. The second-order valence-electron chi connectivity index (χ2n) is 12.9. The van der Waals surface area contributed by atoms with Crippen LogP contribution in [0.4, 0.5) is 14.9 Å². The number of fused-ring (bicyclic) bond motifs is 5. The van der Waals surface area contributed by atoms with Crippen LogP contribution in [0.1, 0.15) is 38.1 Å². The Bertz CT molecular complexity index is 2370. The molecule has 14 heteroatoms. The van der Waals surface area contributed by atoms with Crippen LogP contribution in [0.2, 0.25) is 0 Å². The lowest BCUT2D eigenvalue weighted by Crippen LogP contribution is -2.56. The van der Waals surface area contributed by atoms with Crippen LogP contribution in [-0.4, -0.2) is 79.3 Å². The third-order valence-electron chi connectivity index (χ3n) is 8.33. The molecule has 3 heterocycles. The SMILES string of the molecule is CCN(c1cc2oc3c4ccc(F)cc4[nH]c(=O)c3c2cc1-c1cccc(C(=O)N2CCN(C(=O)OC(C)(C)C)C[C@@H]2C#N)c1)S(C)(=O)=O. The monoisotopic (exact) mass is 687 g/mol. The Labute approximate surface area is 281 Å². The van der Waals surface area contributed by atoms with Crippen LogP contribution in [0, 0.1) is 17.1 Å². The molecule has 49 heavy (non-hydrogen) atoms. The molecule has 3 aromatic carbocycles. The Kier molecular flexibility index (Phi) is 8.36. The molecule has 2 aromatic heterocycles. The highest BCUT2D eigenvalue weighted by Gasteiger charge is 2.35. The van der Waals surface area contributed by atoms with E-state index in [1.807, 2.05) is 0 Å². The summed E-state index contributed by atoms with van der Waals surface area (Å²) in [6, 6.07) is 14.9. The number of amides is 2. The molecule has 0 radical (unpaired) electrons. The van der Waals surface area contributed by atoms with Crippen molar-refractivity contribution in [2.45, 2.75) is 39.3 Å². The van der Waals surface area contributed by atoms with Gasteiger partial charge in [-0.1, -0.05) is 12.1 Å². The largest absolute Gasteiger partial charge is 0.455 e. The first-order valence-corrected chi connectivity index (χ1v) is 17.4. The maximum absolute atomic E-state index is 14.0. The van der Waals surface area contributed by atoms with Crippen molar-refractivity contribution < 1.29 is 31.6 Å². The van der Waals surface area contributed by atoms with Gasteiger partial charge in [0.25, 0.3) is 11.5 Å². The summed E-state index contributed by atoms with van der Waals surface area (Å²) >= 11 is 0. The van der Waals surface area contributed by atoms with Crippen molar-refractivity contribution in [1.82, 2.24) is 14.8 Å². The number of pyridine rings is 1. The van der Waals surface area contributed by atoms with E-state index in [0.29, 0.717) is 21.9 Å². The van der Waals surface area contributed by atoms with Crippen molar-refractivity contribution in [2.24, 2.45) is 0 Å². The zero-order valence-corrected chi connectivity index (χ0v) is 28.4. The van der Waals surface area contributed by atoms with Crippen LogP contribution in [0.5, 0.6) is 0 Å². The minimum absolute atomic E-state index is 0.0269. The van der Waals surface area contributed by atoms with Crippen LogP contribution in [0.15, 0.2) is 63.8 Å². The number of nitrogens with one attached hydrogen (secondary N) is 1. The van der Waals surface area contributed by atoms with E-state index < -0.39 is 45.0 Å². The van der Waals surface area contributed by atoms with Gasteiger partial charge in [-0.15, -0.1) is 0 Å². The number of carbonyl (C=O) groups is 2. The zero-order valence-electron chi connectivity index (χ0n) is 27.5. The predicted molar refractivity (Wildman–Crippen MR) is 183 cm³/mol. The van der Waals surface area contributed by atoms with Crippen LogP contribution in [0.3, 0.4) is 0 Å². The van der Waals surface area contributed by atoms with Crippen molar-refractivity contribution >= 4 is 60.6 Å². The van der Waals surface area contributed by atoms with Crippen molar-refractivity contribution in [3.05, 3.63) is 76.3 Å². The molecular weight excluding hydrogens is 653 g/mol. The quantitative estimate of drug-likeness (QED) is 0.250. The molecule has 254 valence electrons. The van der Waals surface area contributed by atoms with E-state index in [2.05, 4.69) is 11.1 Å². The van der Waals surface area contributed by atoms with E-state index >= 15 is 0 Å². The number of nitrogens with zero attached hydrogens (tertiary/aromatic N) is 4. The number of anilines is 1. The van der Waals surface area contributed by atoms with Gasteiger partial charge in [0.05, 0.1) is 35.5 Å². The number of aromatic amines is 1. The number of ether oxygens (including phenoxy) is 1. The summed E-state index contributed by atoms with van der Waals surface area (Å²) in [5, 5.41) is 11.0. The summed E-state index contributed by atoms with van der Waals surface area (Å²) in [4.78, 5) is 45.4. The second kappa shape index (κ2) is 12.2. The molecule has 1 N–H and O–H groups in total. The van der Waals surface area contributed by atoms with Crippen molar-refractivity contribution in [3.8, 4) is 17.2 Å². The first-order chi connectivity index (χ1) is 23.1. The minimum Gasteiger partial charge on any atom is -0.455 e. The maximum atomic E-state index is 14.0. The molecule has 2 amide bonds. The summed E-state index contributed by atoms with van der Waals surface area (Å²) in [6.07, 6.45) is 0.510. The lowest BCUT2D eigenvalue weighted by molar-refractivity contribution is 0.00926. The predicted octanol–water partition coefficient (Wildman–Crippen LogP) is 5.60. The van der Waals surface area contributed by atoms with Gasteiger partial charge in [-0.25, -0.2) is 17.6 Å². The number of piperazine rings is 1. The zero-order chi connectivity index (χ0) is 35.4. The lowest BCUT2D eigenvalue weighted by atomic mass is 9.98. The summed E-state index contributed by atoms with van der Waals surface area (Å²) in [5.41, 5.74) is 0.842. The fourth-order valence-corrected chi connectivity index (χ4v) is 7.16. The molecule has 0 aliphatic carbocycles. The Morgan fingerprint density at radius 3 is 2.55 bits per heavy atom. The number of halogens is 1. The minimum atomic E-state index is -3.79. The van der Waals surface area contributed by atoms with Gasteiger partial charge in [-0.2, -0.15) is 5.26 Å². The molecule has 1 aliphatic heterocycles. The summed E-state index contributed by atoms with van der Waals surface area (Å²) < 4.78 is 52.8. The van der Waals surface area contributed by atoms with Gasteiger partial charge in [0.1, 0.15) is 28.6 Å². The van der Waals surface area contributed by atoms with Gasteiger partial charge >= 0.3 is 6.09 Å². The first kappa shape index (κ1) is 33.5. The van der Waals surface area contributed by atoms with Crippen molar-refractivity contribution in [1.29, 1.82) is 5.26 Å². The van der Waals surface area contributed by atoms with Gasteiger partial charge in [-0.05, 0) is 69.7 Å². The van der Waals surface area contributed by atoms with E-state index in [1.54, 1.807) is 64.1 Å². The van der Waals surface area contributed by atoms with E-state index in [0.717, 1.165) is 6.26 Å². The fraction of sp³-hybridized carbons (Fsp3) is 0.314. The van der Waals surface area contributed by atoms with Gasteiger partial charge in [0, 0.05) is 47.6 Å². The average Bonchev–Trinajstić information content (AvgIpc) is 3.41. The van der Waals surface area contributed by atoms with Crippen LogP contribution >= 0.6 is 0 Å². The van der Waals surface area contributed by atoms with E-state index in [4.69, 9.17) is 9.15 Å². The molecule has 1 atom stereocenters. The summed E-state index contributed by atoms with van der Waals surface area (Å²) in [7, 11) is -3.79. The fourth-order valence-electron chi connectivity index (χ4n) is 6.19. The van der Waals surface area contributed by atoms with Gasteiger partial charge < -0.3 is 23.9 Å². The highest BCUT2D eigenvalue weighted by molar-refractivity contribution is 7.92. The second-order valence-corrected chi connectivity index (χ2v) is 14.8. The number of hydrogen-bond donors (Lipinski definition) is 1. The number of hydrogen-bond acceptors (Lipinski definition) is 8. The number of carbonyl (C=O) groups excluding carboxylic acids is 2. The number of benzene rings is 3. The molecule has 5 aromatic rings. The highest BCUT2D eigenvalue weighted by atomic mass is 32.2. The maximum Gasteiger partial charge on any atom is 0.410 e. The van der Waals surface area contributed by atoms with Crippen molar-refractivity contribution in [3.63, 3.8) is 0 Å². The molecule has 0 bridgehead atoms. The molecule has 1 saturated heterocycles. The first-order valence-electron chi connectivity index (χ1n) is 15.6. The Morgan fingerprint density at radius 2 is 1.88 bits per heavy atom. The van der Waals surface area contributed by atoms with Gasteiger partial charge in [0.2, 0.25) is 10.0 Å². The van der Waals surface area contributed by atoms with Crippen molar-refractivity contribution in [2.75, 3.05) is 36.7 Å². The number of nitriles is 1. The Hall–Kier alpha value is -5.42. The van der Waals surface area contributed by atoms with E-state index in [9.17, 15) is 32.5 Å². The van der Waals surface area contributed by atoms with Gasteiger partial charge in [-0.3, -0.25) is 13.9 Å². The highest BCUT2D eigenvalue weighted by Crippen LogP contribution is 2.40. The lowest BCUT2D eigenvalue weighted by Gasteiger charge is -2.38. The molecule has 1 fully saturated rings. The molecule has 0 saturated carbocycles. The van der Waals surface area contributed by atoms with E-state index in [-0.39, 0.29) is 59.5 Å². The number of furan rings is 1.